The van der Waals surface area contributed by atoms with Crippen LogP contribution in [0.15, 0.2) is 11.3 Å². The molecule has 0 aromatic carbocycles. The van der Waals surface area contributed by atoms with Crippen molar-refractivity contribution >= 4 is 27.4 Å². The minimum absolute atomic E-state index is 0.387. The third-order valence-electron chi connectivity index (χ3n) is 7.69. The molecule has 3 atom stereocenters. The highest BCUT2D eigenvalue weighted by atomic mass is 28.4. The number of allylic oxidation sites excluding steroid dienone is 2. The second-order valence-corrected chi connectivity index (χ2v) is 19.2. The van der Waals surface area contributed by atoms with Crippen LogP contribution in [0.3, 0.4) is 0 Å². The Balaban J connectivity index is 1.40. The van der Waals surface area contributed by atoms with Crippen LogP contribution in [-0.4, -0.2) is 27.4 Å². The van der Waals surface area contributed by atoms with Crippen LogP contribution >= 0.6 is 0 Å². The first-order chi connectivity index (χ1) is 12.6. The summed E-state index contributed by atoms with van der Waals surface area (Å²) in [6.45, 7) is 4.99. The van der Waals surface area contributed by atoms with E-state index >= 15 is 0 Å². The van der Waals surface area contributed by atoms with Crippen LogP contribution in [0.4, 0.5) is 0 Å². The molecule has 0 aromatic rings. The Morgan fingerprint density at radius 1 is 0.923 bits per heavy atom. The van der Waals surface area contributed by atoms with E-state index in [1.165, 1.54) is 83.5 Å². The number of hydrogen-bond acceptors (Lipinski definition) is 2. The molecule has 3 saturated carbocycles. The minimum atomic E-state index is -1.74. The zero-order valence-electron chi connectivity index (χ0n) is 17.2. The van der Waals surface area contributed by atoms with E-state index in [9.17, 15) is 0 Å². The predicted octanol–water partition coefficient (Wildman–Crippen LogP) is 5.51. The molecule has 148 valence electrons. The predicted molar refractivity (Wildman–Crippen MR) is 118 cm³/mol. The van der Waals surface area contributed by atoms with Crippen LogP contribution in [0.25, 0.3) is 0 Å². The van der Waals surface area contributed by atoms with Crippen LogP contribution in [0, 0.1) is 11.8 Å². The molecule has 0 aliphatic heterocycles. The van der Waals surface area contributed by atoms with Crippen LogP contribution in [-0.2, 0) is 8.23 Å². The highest BCUT2D eigenvalue weighted by Gasteiger charge is 2.44. The fourth-order valence-electron chi connectivity index (χ4n) is 6.15. The number of hydrogen-bond donors (Lipinski definition) is 0. The monoisotopic (exact) mass is 408 g/mol. The quantitative estimate of drug-likeness (QED) is 0.517. The molecule has 2 nitrogen and oxygen atoms in total. The summed E-state index contributed by atoms with van der Waals surface area (Å²) in [6, 6.07) is 0. The average molecular weight is 409 g/mol. The van der Waals surface area contributed by atoms with Crippen molar-refractivity contribution in [2.24, 2.45) is 11.8 Å². The molecule has 26 heavy (non-hydrogen) atoms. The highest BCUT2D eigenvalue weighted by molar-refractivity contribution is 6.84. The lowest BCUT2D eigenvalue weighted by Crippen LogP contribution is -2.46. The third kappa shape index (κ3) is 4.65. The molecule has 4 rings (SSSR count). The topological polar surface area (TPSA) is 18.5 Å². The van der Waals surface area contributed by atoms with Crippen molar-refractivity contribution in [3.63, 3.8) is 0 Å². The molecule has 4 aliphatic rings. The fourth-order valence-corrected chi connectivity index (χ4v) is 17.4. The summed E-state index contributed by atoms with van der Waals surface area (Å²) in [5, 5.41) is 1.77. The van der Waals surface area contributed by atoms with Gasteiger partial charge in [0.05, 0.1) is 0 Å². The van der Waals surface area contributed by atoms with Crippen LogP contribution in [0.2, 0.25) is 24.2 Å². The van der Waals surface area contributed by atoms with Crippen molar-refractivity contribution in [2.45, 2.75) is 108 Å². The zero-order valence-corrected chi connectivity index (χ0v) is 20.7. The Morgan fingerprint density at radius 3 is 2.23 bits per heavy atom. The van der Waals surface area contributed by atoms with E-state index in [-0.39, 0.29) is 9.76 Å². The van der Waals surface area contributed by atoms with E-state index < -0.39 is 17.6 Å². The van der Waals surface area contributed by atoms with Gasteiger partial charge >= 0.3 is 9.28 Å². The van der Waals surface area contributed by atoms with Gasteiger partial charge in [0, 0.05) is 0 Å². The summed E-state index contributed by atoms with van der Waals surface area (Å²) in [7, 11) is -3.63. The van der Waals surface area contributed by atoms with Crippen LogP contribution < -0.4 is 0 Å². The van der Waals surface area contributed by atoms with Crippen molar-refractivity contribution in [2.75, 3.05) is 0 Å². The molecule has 0 amide bonds. The fraction of sp³-hybridized carbons (Fsp3) is 0.905. The molecule has 2 bridgehead atoms. The van der Waals surface area contributed by atoms with Gasteiger partial charge in [0.1, 0.15) is 0 Å². The third-order valence-corrected chi connectivity index (χ3v) is 17.7. The largest absolute Gasteiger partial charge is 0.444 e. The van der Waals surface area contributed by atoms with Crippen molar-refractivity contribution < 1.29 is 8.23 Å². The van der Waals surface area contributed by atoms with Crippen molar-refractivity contribution in [3.8, 4) is 0 Å². The van der Waals surface area contributed by atoms with E-state index in [0.717, 1.165) is 22.9 Å². The van der Waals surface area contributed by atoms with Gasteiger partial charge in [-0.25, -0.2) is 0 Å². The molecule has 0 radical (unpaired) electrons. The maximum absolute atomic E-state index is 7.13. The normalized spacial score (nSPS) is 32.5. The van der Waals surface area contributed by atoms with Gasteiger partial charge < -0.3 is 8.23 Å². The molecule has 0 spiro atoms. The Hall–Kier alpha value is 0.311. The summed E-state index contributed by atoms with van der Waals surface area (Å²) >= 11 is 0. The Labute approximate surface area is 166 Å². The van der Waals surface area contributed by atoms with E-state index in [1.807, 2.05) is 0 Å². The van der Waals surface area contributed by atoms with Crippen molar-refractivity contribution in [3.05, 3.63) is 11.3 Å². The average Bonchev–Trinajstić information content (AvgIpc) is 3.30. The minimum Gasteiger partial charge on any atom is -0.444 e. The molecule has 3 fully saturated rings. The molecular weight excluding hydrogens is 368 g/mol. The summed E-state index contributed by atoms with van der Waals surface area (Å²) in [5.74, 6) is 1.76. The molecule has 3 unspecified atom stereocenters. The maximum atomic E-state index is 7.13. The highest BCUT2D eigenvalue weighted by Crippen LogP contribution is 2.47. The first-order valence-electron chi connectivity index (χ1n) is 11.6. The first kappa shape index (κ1) is 19.6. The molecule has 4 aliphatic carbocycles. The molecule has 0 saturated heterocycles. The molecule has 0 N–H and O–H groups in total. The number of rotatable bonds is 7. The number of fused-ring (bicyclic) bond motifs is 2. The second kappa shape index (κ2) is 8.77. The summed E-state index contributed by atoms with van der Waals surface area (Å²) < 4.78 is 14.0. The lowest BCUT2D eigenvalue weighted by atomic mass is 10.0. The molecular formula is C21H40O2Si3. The van der Waals surface area contributed by atoms with Gasteiger partial charge in [-0.3, -0.25) is 0 Å². The van der Waals surface area contributed by atoms with Crippen LogP contribution in [0.1, 0.15) is 83.5 Å². The smallest absolute Gasteiger partial charge is 0.303 e. The Bertz CT molecular complexity index is 495. The van der Waals surface area contributed by atoms with Gasteiger partial charge in [-0.15, -0.1) is 0 Å². The SMILES string of the molecule is C[Si](C)(O[SiH](O[SiH2]C1CCCCC1)C1CCCCC1)C1=CC2CCC1C2. The molecule has 0 aromatic heterocycles. The van der Waals surface area contributed by atoms with Gasteiger partial charge in [-0.2, -0.15) is 0 Å². The lowest BCUT2D eigenvalue weighted by Gasteiger charge is -2.38. The standard InChI is InChI=1S/C21H40O2Si3/c1-26(2,21-16-17-13-14-18(21)15-17)23-25(20-11-7-4-8-12-20)22-24-19-9-5-3-6-10-19/h16-20,25H,3-15,24H2,1-2H3. The van der Waals surface area contributed by atoms with E-state index in [0.29, 0.717) is 0 Å². The van der Waals surface area contributed by atoms with Gasteiger partial charge in [0.2, 0.25) is 8.32 Å². The van der Waals surface area contributed by atoms with Crippen molar-refractivity contribution in [1.29, 1.82) is 0 Å². The zero-order chi connectivity index (χ0) is 18.0. The van der Waals surface area contributed by atoms with E-state index in [1.54, 1.807) is 5.20 Å². The van der Waals surface area contributed by atoms with Crippen molar-refractivity contribution in [1.82, 2.24) is 0 Å². The molecule has 5 heteroatoms. The second-order valence-electron chi connectivity index (χ2n) is 10.1. The summed E-state index contributed by atoms with van der Waals surface area (Å²) in [6.07, 6.45) is 21.3. The van der Waals surface area contributed by atoms with Gasteiger partial charge in [-0.05, 0) is 68.1 Å². The van der Waals surface area contributed by atoms with Gasteiger partial charge in [0.25, 0.3) is 0 Å². The maximum Gasteiger partial charge on any atom is 0.303 e. The summed E-state index contributed by atoms with van der Waals surface area (Å²) in [5.41, 5.74) is 1.77. The Morgan fingerprint density at radius 2 is 1.62 bits per heavy atom. The van der Waals surface area contributed by atoms with E-state index in [4.69, 9.17) is 8.23 Å². The first-order valence-corrected chi connectivity index (χ1v) is 17.5. The van der Waals surface area contributed by atoms with E-state index in [2.05, 4.69) is 19.2 Å². The van der Waals surface area contributed by atoms with Gasteiger partial charge in [0.15, 0.2) is 9.76 Å². The van der Waals surface area contributed by atoms with Crippen LogP contribution in [0.5, 0.6) is 0 Å². The van der Waals surface area contributed by atoms with Gasteiger partial charge in [-0.1, -0.05) is 62.6 Å². The molecule has 0 heterocycles. The summed E-state index contributed by atoms with van der Waals surface area (Å²) in [4.78, 5) is 0. The lowest BCUT2D eigenvalue weighted by molar-refractivity contribution is 0.362. The Kier molecular flexibility index (Phi) is 6.61.